The minimum absolute atomic E-state index is 0.120. The van der Waals surface area contributed by atoms with E-state index in [9.17, 15) is 62.4 Å². The highest BCUT2D eigenvalue weighted by molar-refractivity contribution is 8.45. The van der Waals surface area contributed by atoms with Crippen LogP contribution in [0, 0.1) is 27.2 Å². The zero-order valence-corrected chi connectivity index (χ0v) is 20.0. The molecule has 1 heterocycles. The molecule has 0 spiro atoms. The van der Waals surface area contributed by atoms with E-state index in [0.29, 0.717) is 0 Å². The monoisotopic (exact) mass is 622 g/mol. The molecule has 1 aliphatic rings. The summed E-state index contributed by atoms with van der Waals surface area (Å²) in [6.45, 7) is -2.98. The molecule has 226 valence electrons. The van der Waals surface area contributed by atoms with Gasteiger partial charge in [0, 0.05) is 5.56 Å². The highest BCUT2D eigenvalue weighted by Crippen LogP contribution is 3.02. The quantitative estimate of drug-likeness (QED) is 0.109. The Labute approximate surface area is 215 Å². The molecule has 0 amide bonds. The van der Waals surface area contributed by atoms with E-state index in [-0.39, 0.29) is 18.2 Å². The molecule has 2 rings (SSSR count). The van der Waals surface area contributed by atoms with Crippen molar-refractivity contribution in [2.24, 2.45) is 0 Å². The lowest BCUT2D eigenvalue weighted by Crippen LogP contribution is -2.41. The predicted octanol–water partition coefficient (Wildman–Crippen LogP) is 4.80. The van der Waals surface area contributed by atoms with Crippen LogP contribution in [0.3, 0.4) is 0 Å². The lowest BCUT2D eigenvalue weighted by molar-refractivity contribution is -0.768. The van der Waals surface area contributed by atoms with Gasteiger partial charge in [0.2, 0.25) is 12.9 Å². The molecule has 0 fully saturated rings. The smallest absolute Gasteiger partial charge is 0.475 e. The summed E-state index contributed by atoms with van der Waals surface area (Å²) in [5.41, 5.74) is -3.26. The number of nitrogens with zero attached hydrogens (tertiary/aromatic N) is 2. The van der Waals surface area contributed by atoms with Gasteiger partial charge in [-0.3, -0.25) is 0 Å². The number of halogens is 8. The summed E-state index contributed by atoms with van der Waals surface area (Å²) < 4.78 is 124. The highest BCUT2D eigenvalue weighted by atomic mass is 32.5. The SMILES string of the molecule is Cc1cc(S(F)(F)(F)(F)F)cc2c1O[C@H](C(F)(F)F)C(C(=O)OCOC(=O)OC(CO[N+](=O)[O-])CO[N+](=O)[O-])=C2. The zero-order chi connectivity index (χ0) is 30.7. The first-order valence-electron chi connectivity index (χ1n) is 9.86. The highest BCUT2D eigenvalue weighted by Gasteiger charge is 2.65. The van der Waals surface area contributed by atoms with Gasteiger partial charge < -0.3 is 28.6 Å². The summed E-state index contributed by atoms with van der Waals surface area (Å²) in [6, 6.07) is -0.344. The molecule has 0 radical (unpaired) electrons. The topological polar surface area (TPSA) is 176 Å². The van der Waals surface area contributed by atoms with Gasteiger partial charge in [0.05, 0.1) is 5.57 Å². The fraction of sp³-hybridized carbons (Fsp3) is 0.412. The number of esters is 1. The first kappa shape index (κ1) is 31.9. The number of carbonyl (C=O) groups is 2. The van der Waals surface area contributed by atoms with Crippen molar-refractivity contribution in [1.29, 1.82) is 0 Å². The van der Waals surface area contributed by atoms with Gasteiger partial charge in [-0.05, 0) is 30.7 Å². The molecule has 40 heavy (non-hydrogen) atoms. The van der Waals surface area contributed by atoms with Crippen molar-refractivity contribution in [3.63, 3.8) is 0 Å². The second-order valence-electron chi connectivity index (χ2n) is 7.49. The second kappa shape index (κ2) is 10.3. The van der Waals surface area contributed by atoms with Crippen molar-refractivity contribution in [2.45, 2.75) is 30.2 Å². The van der Waals surface area contributed by atoms with Gasteiger partial charge in [-0.1, -0.05) is 19.4 Å². The first-order valence-corrected chi connectivity index (χ1v) is 11.8. The maximum absolute atomic E-state index is 13.5. The predicted molar refractivity (Wildman–Crippen MR) is 109 cm³/mol. The number of alkyl halides is 3. The third kappa shape index (κ3) is 8.88. The average molecular weight is 622 g/mol. The molecule has 1 aliphatic heterocycles. The Balaban J connectivity index is 2.21. The molecule has 1 atom stereocenters. The molecule has 14 nitrogen and oxygen atoms in total. The van der Waals surface area contributed by atoms with Crippen LogP contribution in [0.4, 0.5) is 37.4 Å². The molecule has 0 N–H and O–H groups in total. The van der Waals surface area contributed by atoms with E-state index >= 15 is 0 Å². The van der Waals surface area contributed by atoms with Crippen LogP contribution in [-0.4, -0.2) is 60.7 Å². The molecule has 0 saturated heterocycles. The minimum atomic E-state index is -10.3. The zero-order valence-electron chi connectivity index (χ0n) is 19.2. The number of rotatable bonds is 11. The number of carbonyl (C=O) groups excluding carboxylic acids is 2. The van der Waals surface area contributed by atoms with Crippen LogP contribution in [0.2, 0.25) is 0 Å². The van der Waals surface area contributed by atoms with E-state index < -0.39 is 98.3 Å². The molecule has 0 aromatic heterocycles. The van der Waals surface area contributed by atoms with Crippen molar-refractivity contribution >= 4 is 28.4 Å². The first-order chi connectivity index (χ1) is 18.0. The van der Waals surface area contributed by atoms with E-state index in [4.69, 9.17) is 0 Å². The number of aryl methyl sites for hydroxylation is 1. The van der Waals surface area contributed by atoms with Crippen LogP contribution in [-0.2, 0) is 28.7 Å². The maximum atomic E-state index is 13.5. The fourth-order valence-corrected chi connectivity index (χ4v) is 3.63. The van der Waals surface area contributed by atoms with E-state index in [0.717, 1.165) is 6.92 Å². The third-order valence-corrected chi connectivity index (χ3v) is 5.57. The second-order valence-corrected chi connectivity index (χ2v) is 9.90. The van der Waals surface area contributed by atoms with Crippen LogP contribution in [0.25, 0.3) is 6.08 Å². The summed E-state index contributed by atoms with van der Waals surface area (Å²) in [4.78, 5) is 49.5. The Morgan fingerprint density at radius 2 is 1.57 bits per heavy atom. The Bertz CT molecular complexity index is 1220. The van der Waals surface area contributed by atoms with Gasteiger partial charge in [-0.2, -0.15) is 13.2 Å². The standard InChI is InChI=1S/C17H14F8N2O12S/c1-8-2-11(40(21,22,23,24)25)3-9-4-12(14(17(18,19)20)39-13(8)9)15(28)34-7-35-16(29)38-10(5-36-26(30)31)6-37-27(32)33/h2-4,10,14H,5-7H2,1H3/t14-/m0/s1. The van der Waals surface area contributed by atoms with Crippen molar-refractivity contribution in [3.05, 3.63) is 49.1 Å². The van der Waals surface area contributed by atoms with Gasteiger partial charge in [0.1, 0.15) is 23.9 Å². The largest absolute Gasteiger partial charge is 0.511 e. The lowest BCUT2D eigenvalue weighted by Gasteiger charge is -2.41. The normalized spacial score (nSPS) is 16.8. The van der Waals surface area contributed by atoms with Gasteiger partial charge in [-0.15, -0.1) is 20.2 Å². The number of benzene rings is 1. The van der Waals surface area contributed by atoms with Gasteiger partial charge in [-0.25, -0.2) is 9.59 Å². The average Bonchev–Trinajstić information content (AvgIpc) is 2.77. The summed E-state index contributed by atoms with van der Waals surface area (Å²) in [7, 11) is -10.3. The molecule has 1 aromatic rings. The van der Waals surface area contributed by atoms with Crippen LogP contribution in [0.5, 0.6) is 5.75 Å². The molecule has 0 unspecified atom stereocenters. The van der Waals surface area contributed by atoms with Gasteiger partial charge >= 0.3 is 28.5 Å². The summed E-state index contributed by atoms with van der Waals surface area (Å²) >= 11 is 0. The Morgan fingerprint density at radius 3 is 2.05 bits per heavy atom. The summed E-state index contributed by atoms with van der Waals surface area (Å²) in [5, 5.41) is 17.7. The lowest BCUT2D eigenvalue weighted by atomic mass is 9.99. The Hall–Kier alpha value is -4.31. The van der Waals surface area contributed by atoms with Crippen molar-refractivity contribution in [2.75, 3.05) is 20.0 Å². The molecule has 23 heteroatoms. The number of fused-ring (bicyclic) bond motifs is 1. The van der Waals surface area contributed by atoms with Crippen molar-refractivity contribution in [1.82, 2.24) is 0 Å². The number of hydrogen-bond acceptors (Lipinski definition) is 12. The fourth-order valence-electron chi connectivity index (χ4n) is 2.88. The molecule has 1 aromatic carbocycles. The van der Waals surface area contributed by atoms with Crippen molar-refractivity contribution < 1.29 is 81.0 Å². The summed E-state index contributed by atoms with van der Waals surface area (Å²) in [6.07, 6.45) is -12.1. The summed E-state index contributed by atoms with van der Waals surface area (Å²) in [5.74, 6) is -2.87. The van der Waals surface area contributed by atoms with Crippen molar-refractivity contribution in [3.8, 4) is 5.75 Å². The third-order valence-electron chi connectivity index (χ3n) is 4.45. The van der Waals surface area contributed by atoms with Crippen LogP contribution in [0.15, 0.2) is 22.6 Å². The van der Waals surface area contributed by atoms with Gasteiger partial charge in [0.25, 0.3) is 10.2 Å². The van der Waals surface area contributed by atoms with Crippen LogP contribution < -0.4 is 4.74 Å². The molecule has 0 saturated carbocycles. The van der Waals surface area contributed by atoms with E-state index in [1.165, 1.54) is 0 Å². The molecule has 0 bridgehead atoms. The molecular formula is C17H14F8N2O12S. The number of ether oxygens (including phenoxy) is 4. The molecular weight excluding hydrogens is 608 g/mol. The molecule has 0 aliphatic carbocycles. The Kier molecular flexibility index (Phi) is 8.25. The van der Waals surface area contributed by atoms with E-state index in [1.54, 1.807) is 0 Å². The maximum Gasteiger partial charge on any atom is 0.511 e. The van der Waals surface area contributed by atoms with Gasteiger partial charge in [0.15, 0.2) is 6.10 Å². The van der Waals surface area contributed by atoms with Crippen LogP contribution in [0.1, 0.15) is 11.1 Å². The van der Waals surface area contributed by atoms with E-state index in [1.807, 2.05) is 0 Å². The minimum Gasteiger partial charge on any atom is -0.475 e. The number of hydrogen-bond donors (Lipinski definition) is 0. The van der Waals surface area contributed by atoms with E-state index in [2.05, 4.69) is 28.6 Å². The Morgan fingerprint density at radius 1 is 1.02 bits per heavy atom. The van der Waals surface area contributed by atoms with Crippen LogP contribution >= 0.6 is 10.2 Å².